The van der Waals surface area contributed by atoms with Gasteiger partial charge in [-0.05, 0) is 98.2 Å². The van der Waals surface area contributed by atoms with Crippen LogP contribution in [0.3, 0.4) is 0 Å². The predicted molar refractivity (Wildman–Crippen MR) is 107 cm³/mol. The van der Waals surface area contributed by atoms with Gasteiger partial charge in [-0.15, -0.1) is 0 Å². The molecule has 3 saturated carbocycles. The van der Waals surface area contributed by atoms with Crippen molar-refractivity contribution in [1.29, 1.82) is 0 Å². The number of carboxylic acid groups (broad SMARTS) is 1. The first-order valence-electron chi connectivity index (χ1n) is 11.3. The second-order valence-electron chi connectivity index (χ2n) is 10.8. The summed E-state index contributed by atoms with van der Waals surface area (Å²) in [5, 5.41) is 19.2. The maximum Gasteiger partial charge on any atom is 0.303 e. The fraction of sp³-hybridized carbons (Fsp3) is 0.875. The molecule has 0 aliphatic heterocycles. The predicted octanol–water partition coefficient (Wildman–Crippen LogP) is 5.43. The minimum atomic E-state index is -0.650. The zero-order valence-electron chi connectivity index (χ0n) is 17.4. The summed E-state index contributed by atoms with van der Waals surface area (Å²) in [5.41, 5.74) is 2.27. The molecule has 3 nitrogen and oxygen atoms in total. The number of carbonyl (C=O) groups is 1. The molecule has 27 heavy (non-hydrogen) atoms. The van der Waals surface area contributed by atoms with Crippen molar-refractivity contribution in [3.05, 3.63) is 11.6 Å². The summed E-state index contributed by atoms with van der Waals surface area (Å²) in [5.74, 6) is 2.94. The summed E-state index contributed by atoms with van der Waals surface area (Å²) in [7, 11) is 0. The first-order valence-corrected chi connectivity index (χ1v) is 11.3. The van der Waals surface area contributed by atoms with Crippen molar-refractivity contribution < 1.29 is 15.0 Å². The van der Waals surface area contributed by atoms with Crippen LogP contribution in [-0.2, 0) is 4.79 Å². The van der Waals surface area contributed by atoms with Gasteiger partial charge >= 0.3 is 5.97 Å². The molecule has 0 spiro atoms. The van der Waals surface area contributed by atoms with Gasteiger partial charge in [0.05, 0.1) is 6.10 Å². The van der Waals surface area contributed by atoms with Crippen LogP contribution in [0.4, 0.5) is 0 Å². The molecule has 0 aromatic heterocycles. The third-order valence-electron chi connectivity index (χ3n) is 9.65. The Balaban J connectivity index is 1.54. The van der Waals surface area contributed by atoms with Gasteiger partial charge in [-0.1, -0.05) is 32.4 Å². The van der Waals surface area contributed by atoms with Crippen LogP contribution in [-0.4, -0.2) is 22.3 Å². The van der Waals surface area contributed by atoms with Gasteiger partial charge in [0.2, 0.25) is 0 Å². The standard InChI is InChI=1S/C24H38O3/c1-15(4-9-22(26)27)19-7-8-20-18-6-5-16-14-17(25)10-12-23(16,2)21(18)11-13-24(19,20)3/h5,15,17-21,25H,4,6-14H2,1-3H3,(H,26,27)/t15-,17+,18+,19+,20+,21+,23+,24-/m1/s1. The van der Waals surface area contributed by atoms with Crippen molar-refractivity contribution in [3.63, 3.8) is 0 Å². The number of hydrogen-bond donors (Lipinski definition) is 2. The molecular weight excluding hydrogens is 336 g/mol. The quantitative estimate of drug-likeness (QED) is 0.645. The molecule has 0 aromatic rings. The Morgan fingerprint density at radius 1 is 1.19 bits per heavy atom. The molecule has 0 unspecified atom stereocenters. The molecule has 8 atom stereocenters. The molecule has 3 heteroatoms. The molecule has 152 valence electrons. The number of allylic oxidation sites excluding steroid dienone is 1. The Morgan fingerprint density at radius 2 is 1.96 bits per heavy atom. The summed E-state index contributed by atoms with van der Waals surface area (Å²) in [6.07, 6.45) is 13.0. The summed E-state index contributed by atoms with van der Waals surface area (Å²) >= 11 is 0. The molecule has 0 bridgehead atoms. The molecule has 0 aromatic carbocycles. The largest absolute Gasteiger partial charge is 0.481 e. The Morgan fingerprint density at radius 3 is 2.70 bits per heavy atom. The van der Waals surface area contributed by atoms with Crippen molar-refractivity contribution in [2.75, 3.05) is 0 Å². The average molecular weight is 375 g/mol. The molecular formula is C24H38O3. The lowest BCUT2D eigenvalue weighted by Gasteiger charge is -2.58. The van der Waals surface area contributed by atoms with Gasteiger partial charge in [0.15, 0.2) is 0 Å². The monoisotopic (exact) mass is 374 g/mol. The Labute approximate surface area is 164 Å². The van der Waals surface area contributed by atoms with Crippen LogP contribution in [0.15, 0.2) is 11.6 Å². The first-order chi connectivity index (χ1) is 12.8. The van der Waals surface area contributed by atoms with E-state index >= 15 is 0 Å². The molecule has 4 aliphatic rings. The highest BCUT2D eigenvalue weighted by molar-refractivity contribution is 5.66. The second-order valence-corrected chi connectivity index (χ2v) is 10.8. The normalized spacial score (nSPS) is 47.4. The van der Waals surface area contributed by atoms with Gasteiger partial charge in [0, 0.05) is 6.42 Å². The van der Waals surface area contributed by atoms with Crippen LogP contribution < -0.4 is 0 Å². The number of hydrogen-bond acceptors (Lipinski definition) is 2. The van der Waals surface area contributed by atoms with Crippen molar-refractivity contribution in [3.8, 4) is 0 Å². The highest BCUT2D eigenvalue weighted by atomic mass is 16.4. The zero-order chi connectivity index (χ0) is 19.4. The molecule has 0 saturated heterocycles. The van der Waals surface area contributed by atoms with Gasteiger partial charge < -0.3 is 10.2 Å². The van der Waals surface area contributed by atoms with Crippen LogP contribution in [0.25, 0.3) is 0 Å². The number of carboxylic acids is 1. The van der Waals surface area contributed by atoms with Gasteiger partial charge in [-0.25, -0.2) is 0 Å². The van der Waals surface area contributed by atoms with Gasteiger partial charge in [-0.3, -0.25) is 4.79 Å². The average Bonchev–Trinajstić information content (AvgIpc) is 2.97. The van der Waals surface area contributed by atoms with E-state index in [9.17, 15) is 9.90 Å². The molecule has 0 radical (unpaired) electrons. The maximum atomic E-state index is 11.0. The van der Waals surface area contributed by atoms with E-state index in [2.05, 4.69) is 26.8 Å². The van der Waals surface area contributed by atoms with Crippen molar-refractivity contribution in [1.82, 2.24) is 0 Å². The summed E-state index contributed by atoms with van der Waals surface area (Å²) in [4.78, 5) is 11.0. The molecule has 4 rings (SSSR count). The molecule has 4 aliphatic carbocycles. The topological polar surface area (TPSA) is 57.5 Å². The van der Waals surface area contributed by atoms with Gasteiger partial charge in [0.25, 0.3) is 0 Å². The number of aliphatic hydroxyl groups excluding tert-OH is 1. The second kappa shape index (κ2) is 6.90. The lowest BCUT2D eigenvalue weighted by Crippen LogP contribution is -2.50. The SMILES string of the molecule is C[C@H](CCC(=O)O)[C@@H]1CC[C@H]2[C@@H]3CC=C4C[C@@H](O)CC[C@]4(C)[C@H]3CC[C@@]21C. The highest BCUT2D eigenvalue weighted by Crippen LogP contribution is 2.67. The number of aliphatic hydroxyl groups is 1. The lowest BCUT2D eigenvalue weighted by atomic mass is 9.47. The molecule has 3 fully saturated rings. The smallest absolute Gasteiger partial charge is 0.303 e. The Bertz CT molecular complexity index is 625. The van der Waals surface area contributed by atoms with E-state index < -0.39 is 5.97 Å². The van der Waals surface area contributed by atoms with E-state index in [1.807, 2.05) is 0 Å². The number of aliphatic carboxylic acids is 1. The summed E-state index contributed by atoms with van der Waals surface area (Å²) in [6, 6.07) is 0. The van der Waals surface area contributed by atoms with E-state index in [1.165, 1.54) is 32.1 Å². The van der Waals surface area contributed by atoms with E-state index in [-0.39, 0.29) is 6.10 Å². The van der Waals surface area contributed by atoms with Crippen LogP contribution in [0.2, 0.25) is 0 Å². The van der Waals surface area contributed by atoms with Crippen molar-refractivity contribution in [2.24, 2.45) is 40.4 Å². The first kappa shape index (κ1) is 19.5. The Hall–Kier alpha value is -0.830. The lowest BCUT2D eigenvalue weighted by molar-refractivity contribution is -0.137. The minimum Gasteiger partial charge on any atom is -0.481 e. The third-order valence-corrected chi connectivity index (χ3v) is 9.65. The third kappa shape index (κ3) is 3.09. The molecule has 0 heterocycles. The maximum absolute atomic E-state index is 11.0. The number of fused-ring (bicyclic) bond motifs is 5. The van der Waals surface area contributed by atoms with Crippen LogP contribution in [0, 0.1) is 40.4 Å². The summed E-state index contributed by atoms with van der Waals surface area (Å²) in [6.45, 7) is 7.33. The molecule has 2 N–H and O–H groups in total. The van der Waals surface area contributed by atoms with E-state index in [0.29, 0.717) is 29.1 Å². The van der Waals surface area contributed by atoms with E-state index in [0.717, 1.165) is 43.4 Å². The highest BCUT2D eigenvalue weighted by Gasteiger charge is 2.59. The van der Waals surface area contributed by atoms with Crippen molar-refractivity contribution in [2.45, 2.75) is 91.1 Å². The fourth-order valence-corrected chi connectivity index (χ4v) is 8.17. The van der Waals surface area contributed by atoms with Crippen molar-refractivity contribution >= 4 is 5.97 Å². The molecule has 0 amide bonds. The Kier molecular flexibility index (Phi) is 4.98. The van der Waals surface area contributed by atoms with Crippen LogP contribution in [0.5, 0.6) is 0 Å². The number of rotatable bonds is 4. The van der Waals surface area contributed by atoms with Gasteiger partial charge in [-0.2, -0.15) is 0 Å². The van der Waals surface area contributed by atoms with Crippen LogP contribution in [0.1, 0.15) is 85.0 Å². The van der Waals surface area contributed by atoms with E-state index in [4.69, 9.17) is 5.11 Å². The summed E-state index contributed by atoms with van der Waals surface area (Å²) < 4.78 is 0. The van der Waals surface area contributed by atoms with Gasteiger partial charge in [0.1, 0.15) is 0 Å². The minimum absolute atomic E-state index is 0.124. The van der Waals surface area contributed by atoms with E-state index in [1.54, 1.807) is 5.57 Å². The zero-order valence-corrected chi connectivity index (χ0v) is 17.4. The fourth-order valence-electron chi connectivity index (χ4n) is 8.17. The van der Waals surface area contributed by atoms with Crippen LogP contribution >= 0.6 is 0 Å².